The Bertz CT molecular complexity index is 444. The zero-order valence-corrected chi connectivity index (χ0v) is 14.0. The Balaban J connectivity index is 4.30. The van der Waals surface area contributed by atoms with E-state index in [-0.39, 0.29) is 5.75 Å². The number of carboxylic acids is 1. The zero-order chi connectivity index (χ0) is 17.5. The Labute approximate surface area is 132 Å². The summed E-state index contributed by atoms with van der Waals surface area (Å²) in [6.45, 7) is 7.52. The summed E-state index contributed by atoms with van der Waals surface area (Å²) in [5, 5.41) is 10.3. The Hall–Kier alpha value is -1.77. The van der Waals surface area contributed by atoms with Crippen molar-refractivity contribution in [2.45, 2.75) is 47.0 Å². The van der Waals surface area contributed by atoms with Gasteiger partial charge in [-0.2, -0.15) is 0 Å². The molecule has 0 aromatic carbocycles. The summed E-state index contributed by atoms with van der Waals surface area (Å²) >= 11 is 0.570. The fraction of sp³-hybridized carbons (Fsp3) is 0.692. The van der Waals surface area contributed by atoms with Crippen LogP contribution in [-0.4, -0.2) is 46.3 Å². The number of carbonyl (C=O) groups is 4. The van der Waals surface area contributed by atoms with Gasteiger partial charge in [0.2, 0.25) is 12.2 Å². The average molecular weight is 335 g/mol. The van der Waals surface area contributed by atoms with Crippen LogP contribution in [-0.2, 0) is 23.9 Å². The van der Waals surface area contributed by atoms with Gasteiger partial charge in [-0.25, -0.2) is 9.59 Å². The van der Waals surface area contributed by atoms with E-state index in [2.05, 4.69) is 5.32 Å². The first-order valence-corrected chi connectivity index (χ1v) is 7.46. The molecule has 2 N–H and O–H groups in total. The highest BCUT2D eigenvalue weighted by Crippen LogP contribution is 2.18. The molecule has 0 aromatic rings. The van der Waals surface area contributed by atoms with Crippen molar-refractivity contribution >= 4 is 34.9 Å². The number of hydrogen-bond acceptors (Lipinski definition) is 7. The summed E-state index contributed by atoms with van der Waals surface area (Å²) in [7, 11) is 0. The molecule has 0 bridgehead atoms. The smallest absolute Gasteiger partial charge is 0.370 e. The molecule has 1 amide bonds. The van der Waals surface area contributed by atoms with Crippen LogP contribution in [0.15, 0.2) is 0 Å². The van der Waals surface area contributed by atoms with Crippen molar-refractivity contribution in [1.82, 2.24) is 5.32 Å². The first-order chi connectivity index (χ1) is 9.93. The number of ether oxygens (including phenoxy) is 2. The molecule has 0 aliphatic heterocycles. The Morgan fingerprint density at radius 2 is 1.73 bits per heavy atom. The fourth-order valence-electron chi connectivity index (χ4n) is 1.09. The van der Waals surface area contributed by atoms with Gasteiger partial charge in [0, 0.05) is 19.6 Å². The highest BCUT2D eigenvalue weighted by molar-refractivity contribution is 8.13. The molecule has 0 radical (unpaired) electrons. The fourth-order valence-corrected chi connectivity index (χ4v) is 1.82. The Kier molecular flexibility index (Phi) is 7.93. The number of carbonyl (C=O) groups excluding carboxylic acids is 3. The molecule has 0 aliphatic carbocycles. The van der Waals surface area contributed by atoms with Gasteiger partial charge in [-0.1, -0.05) is 0 Å². The maximum atomic E-state index is 11.6. The monoisotopic (exact) mass is 335 g/mol. The molecule has 9 heteroatoms. The molecule has 22 heavy (non-hydrogen) atoms. The molecule has 2 atom stereocenters. The van der Waals surface area contributed by atoms with E-state index in [9.17, 15) is 19.2 Å². The van der Waals surface area contributed by atoms with E-state index in [4.69, 9.17) is 14.6 Å². The molecule has 0 fully saturated rings. The maximum Gasteiger partial charge on any atom is 0.370 e. The predicted molar refractivity (Wildman–Crippen MR) is 79.2 cm³/mol. The van der Waals surface area contributed by atoms with Crippen LogP contribution in [0.4, 0.5) is 4.79 Å². The number of esters is 1. The molecule has 0 aliphatic rings. The summed E-state index contributed by atoms with van der Waals surface area (Å²) in [4.78, 5) is 44.8. The topological polar surface area (TPSA) is 119 Å². The highest BCUT2D eigenvalue weighted by atomic mass is 32.2. The van der Waals surface area contributed by atoms with E-state index < -0.39 is 40.9 Å². The Morgan fingerprint density at radius 3 is 2.14 bits per heavy atom. The van der Waals surface area contributed by atoms with E-state index in [1.54, 1.807) is 20.8 Å². The molecular formula is C13H21NO7S. The minimum atomic E-state index is -1.26. The Morgan fingerprint density at radius 1 is 1.18 bits per heavy atom. The molecule has 0 saturated carbocycles. The molecular weight excluding hydrogens is 314 g/mol. The van der Waals surface area contributed by atoms with Gasteiger partial charge in [0.15, 0.2) is 0 Å². The van der Waals surface area contributed by atoms with Gasteiger partial charge in [0.05, 0.1) is 5.41 Å². The van der Waals surface area contributed by atoms with Crippen LogP contribution in [0.1, 0.15) is 34.6 Å². The summed E-state index contributed by atoms with van der Waals surface area (Å²) in [6, 6.07) is -1.21. The SMILES string of the molecule is CC(=O)N[C@@H](CSC(=O)O[C@H](C)OC(=O)C(C)(C)C)C(=O)O. The number of aliphatic carboxylic acids is 1. The van der Waals surface area contributed by atoms with E-state index in [1.807, 2.05) is 0 Å². The van der Waals surface area contributed by atoms with Crippen molar-refractivity contribution in [1.29, 1.82) is 0 Å². The third-order valence-corrected chi connectivity index (χ3v) is 3.02. The van der Waals surface area contributed by atoms with Gasteiger partial charge in [0.1, 0.15) is 6.04 Å². The van der Waals surface area contributed by atoms with E-state index in [0.29, 0.717) is 11.8 Å². The lowest BCUT2D eigenvalue weighted by Crippen LogP contribution is -2.41. The third-order valence-electron chi connectivity index (χ3n) is 2.19. The number of hydrogen-bond donors (Lipinski definition) is 2. The van der Waals surface area contributed by atoms with Crippen LogP contribution in [0, 0.1) is 5.41 Å². The molecule has 8 nitrogen and oxygen atoms in total. The maximum absolute atomic E-state index is 11.6. The van der Waals surface area contributed by atoms with E-state index in [0.717, 1.165) is 0 Å². The second kappa shape index (κ2) is 8.62. The van der Waals surface area contributed by atoms with E-state index in [1.165, 1.54) is 13.8 Å². The molecule has 0 saturated heterocycles. The second-order valence-corrected chi connectivity index (χ2v) is 6.45. The molecule has 0 unspecified atom stereocenters. The van der Waals surface area contributed by atoms with Crippen LogP contribution in [0.2, 0.25) is 0 Å². The molecule has 0 spiro atoms. The van der Waals surface area contributed by atoms with Crippen molar-refractivity contribution in [3.05, 3.63) is 0 Å². The number of carboxylic acid groups (broad SMARTS) is 1. The zero-order valence-electron chi connectivity index (χ0n) is 13.2. The lowest BCUT2D eigenvalue weighted by Gasteiger charge is -2.20. The molecule has 0 aromatic heterocycles. The average Bonchev–Trinajstić information content (AvgIpc) is 2.32. The summed E-state index contributed by atoms with van der Waals surface area (Å²) < 4.78 is 9.75. The minimum Gasteiger partial charge on any atom is -0.480 e. The first kappa shape index (κ1) is 20.2. The number of thioether (sulfide) groups is 1. The lowest BCUT2D eigenvalue weighted by atomic mass is 9.97. The second-order valence-electron chi connectivity index (χ2n) is 5.49. The number of rotatable bonds is 6. The van der Waals surface area contributed by atoms with Gasteiger partial charge in [-0.05, 0) is 32.5 Å². The van der Waals surface area contributed by atoms with E-state index >= 15 is 0 Å². The van der Waals surface area contributed by atoms with Crippen molar-refractivity contribution in [2.75, 3.05) is 5.75 Å². The first-order valence-electron chi connectivity index (χ1n) is 6.48. The summed E-state index contributed by atoms with van der Waals surface area (Å²) in [5.41, 5.74) is -0.729. The minimum absolute atomic E-state index is 0.201. The van der Waals surface area contributed by atoms with Crippen LogP contribution >= 0.6 is 11.8 Å². The van der Waals surface area contributed by atoms with Crippen LogP contribution in [0.25, 0.3) is 0 Å². The van der Waals surface area contributed by atoms with Crippen molar-refractivity contribution < 1.29 is 33.8 Å². The quantitative estimate of drug-likeness (QED) is 0.552. The van der Waals surface area contributed by atoms with Gasteiger partial charge >= 0.3 is 17.2 Å². The standard InChI is InChI=1S/C13H21NO7S/c1-7(15)14-9(10(16)17)6-22-12(19)21-8(2)20-11(18)13(3,4)5/h8-9H,6H2,1-5H3,(H,14,15)(H,16,17)/t8-,9+/m1/s1. The van der Waals surface area contributed by atoms with Gasteiger partial charge in [-0.3, -0.25) is 9.59 Å². The lowest BCUT2D eigenvalue weighted by molar-refractivity contribution is -0.173. The van der Waals surface area contributed by atoms with Gasteiger partial charge < -0.3 is 19.9 Å². The summed E-state index contributed by atoms with van der Waals surface area (Å²) in [6.07, 6.45) is -1.09. The van der Waals surface area contributed by atoms with Crippen molar-refractivity contribution in [2.24, 2.45) is 5.41 Å². The van der Waals surface area contributed by atoms with Gasteiger partial charge in [0.25, 0.3) is 0 Å². The number of nitrogens with one attached hydrogen (secondary N) is 1. The van der Waals surface area contributed by atoms with Crippen LogP contribution < -0.4 is 5.32 Å². The normalized spacial score (nSPS) is 13.7. The van der Waals surface area contributed by atoms with Crippen LogP contribution in [0.3, 0.4) is 0 Å². The van der Waals surface area contributed by atoms with Gasteiger partial charge in [-0.15, -0.1) is 0 Å². The predicted octanol–water partition coefficient (Wildman–Crippen LogP) is 1.38. The van der Waals surface area contributed by atoms with Crippen molar-refractivity contribution in [3.63, 3.8) is 0 Å². The molecule has 0 heterocycles. The summed E-state index contributed by atoms with van der Waals surface area (Å²) in [5.74, 6) is -2.51. The van der Waals surface area contributed by atoms with Crippen molar-refractivity contribution in [3.8, 4) is 0 Å². The largest absolute Gasteiger partial charge is 0.480 e. The molecule has 0 rings (SSSR count). The number of amides is 1. The van der Waals surface area contributed by atoms with Crippen LogP contribution in [0.5, 0.6) is 0 Å². The highest BCUT2D eigenvalue weighted by Gasteiger charge is 2.27. The molecule has 126 valence electrons. The third kappa shape index (κ3) is 8.50.